The Balaban J connectivity index is 1.38. The second-order valence-corrected chi connectivity index (χ2v) is 5.67. The zero-order chi connectivity index (χ0) is 16.4. The molecule has 0 saturated carbocycles. The van der Waals surface area contributed by atoms with Gasteiger partial charge in [-0.1, -0.05) is 12.1 Å². The lowest BCUT2D eigenvalue weighted by molar-refractivity contribution is 0.0637. The molecule has 122 valence electrons. The number of aliphatic hydroxyl groups is 1. The lowest BCUT2D eigenvalue weighted by Crippen LogP contribution is -2.25. The highest BCUT2D eigenvalue weighted by Gasteiger charge is 2.10. The molecule has 0 saturated heterocycles. The Morgan fingerprint density at radius 1 is 0.750 bits per heavy atom. The van der Waals surface area contributed by atoms with Gasteiger partial charge in [0.05, 0.1) is 0 Å². The second-order valence-electron chi connectivity index (χ2n) is 5.67. The van der Waals surface area contributed by atoms with Gasteiger partial charge in [0.25, 0.3) is 0 Å². The number of aromatic amines is 2. The van der Waals surface area contributed by atoms with Crippen molar-refractivity contribution in [3.8, 4) is 11.5 Å². The monoisotopic (exact) mass is 322 g/mol. The molecule has 0 spiro atoms. The highest BCUT2D eigenvalue weighted by Crippen LogP contribution is 2.26. The van der Waals surface area contributed by atoms with E-state index in [-0.39, 0.29) is 13.2 Å². The van der Waals surface area contributed by atoms with E-state index < -0.39 is 6.10 Å². The maximum atomic E-state index is 10.2. The van der Waals surface area contributed by atoms with E-state index in [1.165, 1.54) is 0 Å². The van der Waals surface area contributed by atoms with Crippen molar-refractivity contribution >= 4 is 21.8 Å². The molecule has 4 rings (SSSR count). The van der Waals surface area contributed by atoms with E-state index in [0.29, 0.717) is 0 Å². The summed E-state index contributed by atoms with van der Waals surface area (Å²) in [5, 5.41) is 12.2. The summed E-state index contributed by atoms with van der Waals surface area (Å²) >= 11 is 0. The lowest BCUT2D eigenvalue weighted by Gasteiger charge is -2.14. The molecule has 2 aromatic carbocycles. The molecule has 0 fully saturated rings. The molecule has 0 aliphatic heterocycles. The number of rotatable bonds is 6. The van der Waals surface area contributed by atoms with Crippen LogP contribution in [0.5, 0.6) is 11.5 Å². The maximum Gasteiger partial charge on any atom is 0.128 e. The first-order chi connectivity index (χ1) is 11.8. The van der Waals surface area contributed by atoms with Crippen molar-refractivity contribution in [1.82, 2.24) is 9.97 Å². The minimum atomic E-state index is -0.714. The molecule has 0 aliphatic rings. The number of aromatic nitrogens is 2. The zero-order valence-electron chi connectivity index (χ0n) is 13.0. The molecular weight excluding hydrogens is 304 g/mol. The van der Waals surface area contributed by atoms with Crippen LogP contribution >= 0.6 is 0 Å². The minimum absolute atomic E-state index is 0.174. The van der Waals surface area contributed by atoms with Gasteiger partial charge in [0.2, 0.25) is 0 Å². The molecule has 24 heavy (non-hydrogen) atoms. The van der Waals surface area contributed by atoms with Crippen LogP contribution in [0.15, 0.2) is 60.9 Å². The van der Waals surface area contributed by atoms with Crippen LogP contribution in [0.2, 0.25) is 0 Å². The van der Waals surface area contributed by atoms with Crippen molar-refractivity contribution < 1.29 is 14.6 Å². The van der Waals surface area contributed by atoms with Crippen LogP contribution < -0.4 is 9.47 Å². The van der Waals surface area contributed by atoms with E-state index in [2.05, 4.69) is 9.97 Å². The summed E-state index contributed by atoms with van der Waals surface area (Å²) in [6.45, 7) is 0.348. The number of nitrogens with one attached hydrogen (secondary N) is 2. The van der Waals surface area contributed by atoms with Crippen molar-refractivity contribution in [2.24, 2.45) is 0 Å². The first kappa shape index (κ1) is 14.7. The molecule has 5 heteroatoms. The van der Waals surface area contributed by atoms with Crippen LogP contribution in [0, 0.1) is 0 Å². The normalized spacial score (nSPS) is 11.4. The van der Waals surface area contributed by atoms with E-state index >= 15 is 0 Å². The largest absolute Gasteiger partial charge is 0.490 e. The van der Waals surface area contributed by atoms with Gasteiger partial charge in [-0.25, -0.2) is 0 Å². The smallest absolute Gasteiger partial charge is 0.128 e. The van der Waals surface area contributed by atoms with Gasteiger partial charge >= 0.3 is 0 Å². The molecule has 0 bridgehead atoms. The molecule has 4 aromatic rings. The predicted octanol–water partition coefficient (Wildman–Crippen LogP) is 3.47. The predicted molar refractivity (Wildman–Crippen MR) is 93.6 cm³/mol. The summed E-state index contributed by atoms with van der Waals surface area (Å²) in [5.41, 5.74) is 2.02. The van der Waals surface area contributed by atoms with Crippen molar-refractivity contribution in [3.05, 3.63) is 60.9 Å². The van der Waals surface area contributed by atoms with Gasteiger partial charge in [-0.3, -0.25) is 0 Å². The lowest BCUT2D eigenvalue weighted by atomic mass is 10.2. The van der Waals surface area contributed by atoms with E-state index in [1.54, 1.807) is 0 Å². The van der Waals surface area contributed by atoms with Gasteiger partial charge in [0.1, 0.15) is 30.8 Å². The van der Waals surface area contributed by atoms with Crippen LogP contribution in [0.1, 0.15) is 0 Å². The Morgan fingerprint density at radius 3 is 1.75 bits per heavy atom. The van der Waals surface area contributed by atoms with Crippen LogP contribution in [-0.4, -0.2) is 34.4 Å². The van der Waals surface area contributed by atoms with Crippen LogP contribution in [0.25, 0.3) is 21.8 Å². The standard InChI is InChI=1S/C19H18N2O3/c22-13(11-23-18-5-1-3-16-14(18)7-9-20-16)12-24-19-6-2-4-17-15(19)8-10-21-17/h1-10,13,20-22H,11-12H2. The number of hydrogen-bond donors (Lipinski definition) is 3. The summed E-state index contributed by atoms with van der Waals surface area (Å²) in [7, 11) is 0. The fourth-order valence-electron chi connectivity index (χ4n) is 2.78. The molecule has 2 heterocycles. The first-order valence-electron chi connectivity index (χ1n) is 7.87. The summed E-state index contributed by atoms with van der Waals surface area (Å²) in [6.07, 6.45) is 3.02. The Kier molecular flexibility index (Phi) is 3.84. The average molecular weight is 322 g/mol. The third-order valence-corrected chi connectivity index (χ3v) is 3.97. The van der Waals surface area contributed by atoms with Gasteiger partial charge in [0.15, 0.2) is 0 Å². The highest BCUT2D eigenvalue weighted by molar-refractivity contribution is 5.86. The van der Waals surface area contributed by atoms with Gasteiger partial charge in [-0.05, 0) is 36.4 Å². The molecule has 0 aliphatic carbocycles. The Labute approximate surface area is 138 Å². The van der Waals surface area contributed by atoms with Crippen LogP contribution in [0.3, 0.4) is 0 Å². The van der Waals surface area contributed by atoms with Crippen molar-refractivity contribution in [3.63, 3.8) is 0 Å². The highest BCUT2D eigenvalue weighted by atomic mass is 16.5. The third kappa shape index (κ3) is 2.81. The van der Waals surface area contributed by atoms with E-state index in [1.807, 2.05) is 60.9 Å². The fourth-order valence-corrected chi connectivity index (χ4v) is 2.78. The summed E-state index contributed by atoms with van der Waals surface area (Å²) < 4.78 is 11.5. The topological polar surface area (TPSA) is 70.3 Å². The number of H-pyrrole nitrogens is 2. The van der Waals surface area contributed by atoms with Gasteiger partial charge in [-0.2, -0.15) is 0 Å². The molecule has 0 amide bonds. The third-order valence-electron chi connectivity index (χ3n) is 3.97. The summed E-state index contributed by atoms with van der Waals surface area (Å²) in [4.78, 5) is 6.28. The van der Waals surface area contributed by atoms with E-state index in [0.717, 1.165) is 33.3 Å². The van der Waals surface area contributed by atoms with Crippen LogP contribution in [0.4, 0.5) is 0 Å². The number of fused-ring (bicyclic) bond motifs is 2. The summed E-state index contributed by atoms with van der Waals surface area (Å²) in [5.74, 6) is 1.50. The molecular formula is C19H18N2O3. The Hall–Kier alpha value is -2.92. The SMILES string of the molecule is OC(COc1cccc2[nH]ccc12)COc1cccc2[nH]ccc12. The first-order valence-corrected chi connectivity index (χ1v) is 7.87. The molecule has 5 nitrogen and oxygen atoms in total. The zero-order valence-corrected chi connectivity index (χ0v) is 13.0. The number of hydrogen-bond acceptors (Lipinski definition) is 3. The molecule has 0 radical (unpaired) electrons. The van der Waals surface area contributed by atoms with E-state index in [9.17, 15) is 5.11 Å². The number of benzene rings is 2. The Morgan fingerprint density at radius 2 is 1.25 bits per heavy atom. The average Bonchev–Trinajstić information content (AvgIpc) is 3.26. The van der Waals surface area contributed by atoms with Crippen molar-refractivity contribution in [2.75, 3.05) is 13.2 Å². The van der Waals surface area contributed by atoms with Crippen molar-refractivity contribution in [1.29, 1.82) is 0 Å². The minimum Gasteiger partial charge on any atom is -0.490 e. The van der Waals surface area contributed by atoms with Gasteiger partial charge < -0.3 is 24.5 Å². The van der Waals surface area contributed by atoms with E-state index in [4.69, 9.17) is 9.47 Å². The molecule has 2 aromatic heterocycles. The number of ether oxygens (including phenoxy) is 2. The maximum absolute atomic E-state index is 10.2. The molecule has 3 N–H and O–H groups in total. The molecule has 0 atom stereocenters. The number of aliphatic hydroxyl groups excluding tert-OH is 1. The quantitative estimate of drug-likeness (QED) is 0.509. The van der Waals surface area contributed by atoms with Crippen molar-refractivity contribution in [2.45, 2.75) is 6.10 Å². The van der Waals surface area contributed by atoms with Crippen LogP contribution in [-0.2, 0) is 0 Å². The molecule has 0 unspecified atom stereocenters. The second kappa shape index (κ2) is 6.29. The Bertz CT molecular complexity index is 879. The van der Waals surface area contributed by atoms with Gasteiger partial charge in [-0.15, -0.1) is 0 Å². The summed E-state index contributed by atoms with van der Waals surface area (Å²) in [6, 6.07) is 15.5. The fraction of sp³-hybridized carbons (Fsp3) is 0.158. The van der Waals surface area contributed by atoms with Gasteiger partial charge in [0, 0.05) is 34.2 Å².